The molecule has 0 fully saturated rings. The molecule has 2 aromatic carbocycles. The zero-order chi connectivity index (χ0) is 19.4. The van der Waals surface area contributed by atoms with Gasteiger partial charge in [0.25, 0.3) is 10.0 Å². The topological polar surface area (TPSA) is 94.1 Å². The smallest absolute Gasteiger partial charge is 0.330 e. The number of rotatable bonds is 6. The number of carbonyl (C=O) groups is 1. The minimum atomic E-state index is -3.66. The summed E-state index contributed by atoms with van der Waals surface area (Å²) in [5.41, 5.74) is 0.414. The van der Waals surface area contributed by atoms with Crippen LogP contribution in [0.15, 0.2) is 58.4 Å². The quantitative estimate of drug-likeness (QED) is 0.598. The van der Waals surface area contributed by atoms with Crippen molar-refractivity contribution in [3.8, 4) is 5.75 Å². The normalized spacial score (nSPS) is 17.0. The third-order valence-corrected chi connectivity index (χ3v) is 5.13. The fourth-order valence-electron chi connectivity index (χ4n) is 2.43. The summed E-state index contributed by atoms with van der Waals surface area (Å²) in [5.74, 6) is -0.421. The lowest BCUT2D eigenvalue weighted by atomic mass is 10.2. The minimum absolute atomic E-state index is 0.0201. The number of carbonyl (C=O) groups excluding carboxylic acids is 1. The van der Waals surface area contributed by atoms with Gasteiger partial charge in [0.2, 0.25) is 0 Å². The predicted octanol–water partition coefficient (Wildman–Crippen LogP) is 1.87. The Kier molecular flexibility index (Phi) is 5.41. The van der Waals surface area contributed by atoms with E-state index in [4.69, 9.17) is 9.47 Å². The monoisotopic (exact) mass is 392 g/mol. The number of nitrogens with zero attached hydrogens (tertiary/aromatic N) is 1. The van der Waals surface area contributed by atoms with Crippen LogP contribution in [0.4, 0.5) is 4.39 Å². The van der Waals surface area contributed by atoms with E-state index in [1.165, 1.54) is 37.3 Å². The second-order valence-corrected chi connectivity index (χ2v) is 7.38. The Morgan fingerprint density at radius 1 is 1.15 bits per heavy atom. The molecule has 2 aromatic rings. The number of sulfonamides is 1. The maximum absolute atomic E-state index is 12.8. The second kappa shape index (κ2) is 7.75. The zero-order valence-corrected chi connectivity index (χ0v) is 15.2. The number of fused-ring (bicyclic) bond motifs is 1. The summed E-state index contributed by atoms with van der Waals surface area (Å²) < 4.78 is 49.6. The van der Waals surface area contributed by atoms with Crippen LogP contribution in [0, 0.1) is 5.82 Å². The number of nitrogens with one attached hydrogen (secondary N) is 1. The Hall–Kier alpha value is -2.94. The van der Waals surface area contributed by atoms with Crippen molar-refractivity contribution in [3.05, 3.63) is 59.9 Å². The fraction of sp³-hybridized carbons (Fsp3) is 0.222. The van der Waals surface area contributed by atoms with Gasteiger partial charge in [-0.15, -0.1) is 0 Å². The Morgan fingerprint density at radius 3 is 2.59 bits per heavy atom. The SMILES string of the molecule is CC(N=C1NS(=O)(=O)c2ccccc21)C(=O)OCCOc1ccc(F)cc1. The number of esters is 1. The Morgan fingerprint density at radius 2 is 1.85 bits per heavy atom. The molecule has 0 bridgehead atoms. The van der Waals surface area contributed by atoms with Gasteiger partial charge in [0.05, 0.1) is 4.90 Å². The molecule has 0 amide bonds. The van der Waals surface area contributed by atoms with Gasteiger partial charge in [0.1, 0.15) is 36.7 Å². The standard InChI is InChI=1S/C18H17FN2O5S/c1-12(18(22)26-11-10-25-14-8-6-13(19)7-9-14)20-17-15-4-2-3-5-16(15)27(23,24)21-17/h2-9,12H,10-11H2,1H3,(H,20,21). The number of hydrogen-bond donors (Lipinski definition) is 1. The van der Waals surface area contributed by atoms with Crippen LogP contribution in [0.5, 0.6) is 5.75 Å². The van der Waals surface area contributed by atoms with Crippen LogP contribution in [-0.4, -0.2) is 39.5 Å². The summed E-state index contributed by atoms with van der Waals surface area (Å²) in [4.78, 5) is 16.3. The molecule has 0 aliphatic carbocycles. The van der Waals surface area contributed by atoms with E-state index in [2.05, 4.69) is 9.71 Å². The molecule has 0 spiro atoms. The van der Waals surface area contributed by atoms with Crippen LogP contribution < -0.4 is 9.46 Å². The van der Waals surface area contributed by atoms with Crippen LogP contribution in [0.25, 0.3) is 0 Å². The first-order valence-electron chi connectivity index (χ1n) is 8.12. The molecule has 1 unspecified atom stereocenters. The maximum atomic E-state index is 12.8. The molecule has 1 aliphatic rings. The molecular formula is C18H17FN2O5S. The first kappa shape index (κ1) is 18.8. The van der Waals surface area contributed by atoms with Crippen molar-refractivity contribution in [1.82, 2.24) is 4.72 Å². The van der Waals surface area contributed by atoms with E-state index in [-0.39, 0.29) is 29.8 Å². The fourth-order valence-corrected chi connectivity index (χ4v) is 3.67. The number of ether oxygens (including phenoxy) is 2. The number of aliphatic imine (C=N–C) groups is 1. The molecule has 1 N–H and O–H groups in total. The maximum Gasteiger partial charge on any atom is 0.330 e. The van der Waals surface area contributed by atoms with Crippen molar-refractivity contribution in [2.75, 3.05) is 13.2 Å². The minimum Gasteiger partial charge on any atom is -0.490 e. The highest BCUT2D eigenvalue weighted by molar-refractivity contribution is 7.90. The number of hydrogen-bond acceptors (Lipinski definition) is 6. The van der Waals surface area contributed by atoms with Crippen LogP contribution in [-0.2, 0) is 19.6 Å². The lowest BCUT2D eigenvalue weighted by Gasteiger charge is -2.10. The van der Waals surface area contributed by atoms with Crippen molar-refractivity contribution in [3.63, 3.8) is 0 Å². The second-order valence-electron chi connectivity index (χ2n) is 5.73. The lowest BCUT2D eigenvalue weighted by molar-refractivity contribution is -0.145. The molecule has 3 rings (SSSR count). The summed E-state index contributed by atoms with van der Waals surface area (Å²) in [6.07, 6.45) is 0. The van der Waals surface area contributed by atoms with Crippen molar-refractivity contribution in [2.24, 2.45) is 4.99 Å². The molecule has 1 aliphatic heterocycles. The predicted molar refractivity (Wildman–Crippen MR) is 95.6 cm³/mol. The summed E-state index contributed by atoms with van der Waals surface area (Å²) in [7, 11) is -3.66. The molecule has 0 radical (unpaired) electrons. The van der Waals surface area contributed by atoms with Gasteiger partial charge in [0, 0.05) is 5.56 Å². The molecule has 27 heavy (non-hydrogen) atoms. The molecule has 142 valence electrons. The van der Waals surface area contributed by atoms with Crippen LogP contribution in [0.1, 0.15) is 12.5 Å². The average molecular weight is 392 g/mol. The van der Waals surface area contributed by atoms with E-state index in [0.29, 0.717) is 11.3 Å². The highest BCUT2D eigenvalue weighted by Crippen LogP contribution is 2.22. The number of benzene rings is 2. The molecule has 1 heterocycles. The van der Waals surface area contributed by atoms with E-state index in [0.717, 1.165) is 0 Å². The van der Waals surface area contributed by atoms with Crippen molar-refractivity contribution < 1.29 is 27.1 Å². The van der Waals surface area contributed by atoms with Gasteiger partial charge in [-0.2, -0.15) is 0 Å². The number of amidine groups is 1. The van der Waals surface area contributed by atoms with Crippen molar-refractivity contribution >= 4 is 21.8 Å². The van der Waals surface area contributed by atoms with E-state index in [1.54, 1.807) is 18.2 Å². The molecule has 9 heteroatoms. The number of halogens is 1. The summed E-state index contributed by atoms with van der Waals surface area (Å²) >= 11 is 0. The van der Waals surface area contributed by atoms with Gasteiger partial charge < -0.3 is 9.47 Å². The molecular weight excluding hydrogens is 375 g/mol. The van der Waals surface area contributed by atoms with Gasteiger partial charge in [-0.3, -0.25) is 9.71 Å². The summed E-state index contributed by atoms with van der Waals surface area (Å²) in [6.45, 7) is 1.58. The first-order valence-corrected chi connectivity index (χ1v) is 9.60. The van der Waals surface area contributed by atoms with Crippen molar-refractivity contribution in [2.45, 2.75) is 17.9 Å². The lowest BCUT2D eigenvalue weighted by Crippen LogP contribution is -2.27. The highest BCUT2D eigenvalue weighted by atomic mass is 32.2. The molecule has 0 saturated heterocycles. The van der Waals surface area contributed by atoms with Crippen LogP contribution in [0.3, 0.4) is 0 Å². The van der Waals surface area contributed by atoms with E-state index in [9.17, 15) is 17.6 Å². The third-order valence-electron chi connectivity index (χ3n) is 3.74. The first-order chi connectivity index (χ1) is 12.9. The van der Waals surface area contributed by atoms with Crippen molar-refractivity contribution in [1.29, 1.82) is 0 Å². The van der Waals surface area contributed by atoms with E-state index < -0.39 is 22.0 Å². The van der Waals surface area contributed by atoms with Gasteiger partial charge in [-0.05, 0) is 43.3 Å². The van der Waals surface area contributed by atoms with Gasteiger partial charge in [0.15, 0.2) is 0 Å². The Balaban J connectivity index is 1.55. The van der Waals surface area contributed by atoms with Gasteiger partial charge in [-0.1, -0.05) is 12.1 Å². The highest BCUT2D eigenvalue weighted by Gasteiger charge is 2.31. The molecule has 1 atom stereocenters. The third kappa shape index (κ3) is 4.43. The van der Waals surface area contributed by atoms with E-state index >= 15 is 0 Å². The Bertz CT molecular complexity index is 974. The van der Waals surface area contributed by atoms with Gasteiger partial charge >= 0.3 is 5.97 Å². The van der Waals surface area contributed by atoms with Crippen LogP contribution >= 0.6 is 0 Å². The average Bonchev–Trinajstić information content (AvgIpc) is 2.90. The van der Waals surface area contributed by atoms with Crippen LogP contribution in [0.2, 0.25) is 0 Å². The summed E-state index contributed by atoms with van der Waals surface area (Å²) in [6, 6.07) is 10.9. The molecule has 0 saturated carbocycles. The van der Waals surface area contributed by atoms with Gasteiger partial charge in [-0.25, -0.2) is 17.6 Å². The largest absolute Gasteiger partial charge is 0.490 e. The Labute approximate surface area is 155 Å². The molecule has 7 nitrogen and oxygen atoms in total. The molecule has 0 aromatic heterocycles. The van der Waals surface area contributed by atoms with E-state index in [1.807, 2.05) is 0 Å². The zero-order valence-electron chi connectivity index (χ0n) is 14.4. The summed E-state index contributed by atoms with van der Waals surface area (Å²) in [5, 5.41) is 0.